The summed E-state index contributed by atoms with van der Waals surface area (Å²) < 4.78 is 5.29. The molecule has 1 heterocycles. The highest BCUT2D eigenvalue weighted by Gasteiger charge is 2.11. The molecule has 0 fully saturated rings. The summed E-state index contributed by atoms with van der Waals surface area (Å²) in [6.07, 6.45) is 1.60. The molecule has 0 saturated heterocycles. The minimum Gasteiger partial charge on any atom is -0.463 e. The molecule has 0 bridgehead atoms. The largest absolute Gasteiger partial charge is 0.463 e. The van der Waals surface area contributed by atoms with E-state index in [2.05, 4.69) is 5.32 Å². The summed E-state index contributed by atoms with van der Waals surface area (Å²) in [5.41, 5.74) is 2.35. The van der Waals surface area contributed by atoms with Gasteiger partial charge in [0.15, 0.2) is 0 Å². The van der Waals surface area contributed by atoms with Crippen molar-refractivity contribution in [2.75, 3.05) is 7.05 Å². The van der Waals surface area contributed by atoms with E-state index in [0.29, 0.717) is 11.1 Å². The lowest BCUT2D eigenvalue weighted by molar-refractivity contribution is 0.0964. The molecule has 0 radical (unpaired) electrons. The summed E-state index contributed by atoms with van der Waals surface area (Å²) in [7, 11) is 1.61. The van der Waals surface area contributed by atoms with Crippen molar-refractivity contribution in [1.82, 2.24) is 5.32 Å². The van der Waals surface area contributed by atoms with E-state index in [4.69, 9.17) is 4.42 Å². The Bertz CT molecular complexity index is 485. The van der Waals surface area contributed by atoms with E-state index in [9.17, 15) is 4.79 Å². The number of hydrogen-bond donors (Lipinski definition) is 1. The van der Waals surface area contributed by atoms with Gasteiger partial charge in [0, 0.05) is 12.4 Å². The Balaban J connectivity index is 2.72. The number of rotatable bonds is 1. The van der Waals surface area contributed by atoms with Crippen LogP contribution in [0.25, 0.3) is 11.0 Å². The summed E-state index contributed by atoms with van der Waals surface area (Å²) in [5, 5.41) is 3.58. The molecular formula is C11H11NO2. The number of fused-ring (bicyclic) bond motifs is 1. The molecule has 1 N–H and O–H groups in total. The summed E-state index contributed by atoms with van der Waals surface area (Å²) in [4.78, 5) is 11.5. The topological polar surface area (TPSA) is 42.2 Å². The van der Waals surface area contributed by atoms with E-state index in [0.717, 1.165) is 10.9 Å². The van der Waals surface area contributed by atoms with Gasteiger partial charge < -0.3 is 9.73 Å². The van der Waals surface area contributed by atoms with Gasteiger partial charge in [0.25, 0.3) is 5.91 Å². The average Bonchev–Trinajstić information content (AvgIpc) is 2.67. The van der Waals surface area contributed by atoms with Gasteiger partial charge in [0.1, 0.15) is 5.58 Å². The first-order chi connectivity index (χ1) is 6.74. The number of carbonyl (C=O) groups excluding carboxylic acids is 1. The second-order valence-electron chi connectivity index (χ2n) is 3.17. The van der Waals surface area contributed by atoms with Gasteiger partial charge in [-0.3, -0.25) is 4.79 Å². The highest BCUT2D eigenvalue weighted by atomic mass is 16.3. The fourth-order valence-corrected chi connectivity index (χ4v) is 1.52. The second-order valence-corrected chi connectivity index (χ2v) is 3.17. The highest BCUT2D eigenvalue weighted by Crippen LogP contribution is 2.23. The molecule has 1 aromatic carbocycles. The van der Waals surface area contributed by atoms with Crippen LogP contribution >= 0.6 is 0 Å². The zero-order valence-corrected chi connectivity index (χ0v) is 8.13. The van der Waals surface area contributed by atoms with Gasteiger partial charge in [-0.05, 0) is 24.6 Å². The monoisotopic (exact) mass is 189 g/mol. The summed E-state index contributed by atoms with van der Waals surface area (Å²) in [6, 6.07) is 5.57. The lowest BCUT2D eigenvalue weighted by atomic mass is 10.1. The van der Waals surface area contributed by atoms with Crippen LogP contribution in [0.3, 0.4) is 0 Å². The van der Waals surface area contributed by atoms with Crippen molar-refractivity contribution in [2.45, 2.75) is 6.92 Å². The van der Waals surface area contributed by atoms with Crippen LogP contribution in [0.2, 0.25) is 0 Å². The number of aryl methyl sites for hydroxylation is 1. The zero-order valence-electron chi connectivity index (χ0n) is 8.13. The van der Waals surface area contributed by atoms with Crippen LogP contribution in [0.1, 0.15) is 15.9 Å². The maximum atomic E-state index is 11.5. The van der Waals surface area contributed by atoms with Crippen molar-refractivity contribution >= 4 is 16.9 Å². The van der Waals surface area contributed by atoms with Crippen LogP contribution in [0.5, 0.6) is 0 Å². The lowest BCUT2D eigenvalue weighted by Gasteiger charge is -2.02. The third kappa shape index (κ3) is 1.18. The Hall–Kier alpha value is -1.77. The predicted molar refractivity (Wildman–Crippen MR) is 54.3 cm³/mol. The summed E-state index contributed by atoms with van der Waals surface area (Å²) in [5.74, 6) is -0.120. The number of carbonyl (C=O) groups is 1. The van der Waals surface area contributed by atoms with Crippen LogP contribution in [0.4, 0.5) is 0 Å². The minimum atomic E-state index is -0.120. The van der Waals surface area contributed by atoms with Gasteiger partial charge in [-0.1, -0.05) is 6.07 Å². The number of furan rings is 1. The second kappa shape index (κ2) is 3.18. The van der Waals surface area contributed by atoms with Crippen molar-refractivity contribution in [3.05, 3.63) is 35.6 Å². The molecule has 1 aromatic heterocycles. The van der Waals surface area contributed by atoms with Crippen molar-refractivity contribution in [2.24, 2.45) is 0 Å². The van der Waals surface area contributed by atoms with Gasteiger partial charge in [-0.2, -0.15) is 0 Å². The summed E-state index contributed by atoms with van der Waals surface area (Å²) >= 11 is 0. The van der Waals surface area contributed by atoms with Crippen LogP contribution in [0, 0.1) is 6.92 Å². The molecule has 0 aliphatic heterocycles. The lowest BCUT2D eigenvalue weighted by Crippen LogP contribution is -2.17. The van der Waals surface area contributed by atoms with Gasteiger partial charge >= 0.3 is 0 Å². The standard InChI is InChI=1S/C11H11NO2/c1-7-3-4-9(11(13)12-2)10-8(7)5-6-14-10/h3-6H,1-2H3,(H,12,13). The fourth-order valence-electron chi connectivity index (χ4n) is 1.52. The SMILES string of the molecule is CNC(=O)c1ccc(C)c2ccoc12. The molecular weight excluding hydrogens is 178 g/mol. The highest BCUT2D eigenvalue weighted by molar-refractivity contribution is 6.05. The molecule has 1 amide bonds. The first-order valence-corrected chi connectivity index (χ1v) is 4.43. The Morgan fingerprint density at radius 3 is 2.86 bits per heavy atom. The third-order valence-corrected chi connectivity index (χ3v) is 2.31. The van der Waals surface area contributed by atoms with Crippen LogP contribution in [-0.4, -0.2) is 13.0 Å². The van der Waals surface area contributed by atoms with Gasteiger partial charge in [-0.15, -0.1) is 0 Å². The molecule has 0 aliphatic carbocycles. The molecule has 14 heavy (non-hydrogen) atoms. The first-order valence-electron chi connectivity index (χ1n) is 4.43. The minimum absolute atomic E-state index is 0.120. The Kier molecular flexibility index (Phi) is 2.00. The van der Waals surface area contributed by atoms with E-state index in [1.807, 2.05) is 19.1 Å². The maximum Gasteiger partial charge on any atom is 0.254 e. The molecule has 0 atom stereocenters. The van der Waals surface area contributed by atoms with Crippen molar-refractivity contribution < 1.29 is 9.21 Å². The first kappa shape index (κ1) is 8.81. The number of hydrogen-bond acceptors (Lipinski definition) is 2. The van der Waals surface area contributed by atoms with Crippen LogP contribution in [0.15, 0.2) is 28.9 Å². The Morgan fingerprint density at radius 2 is 2.14 bits per heavy atom. The number of nitrogens with one attached hydrogen (secondary N) is 1. The summed E-state index contributed by atoms with van der Waals surface area (Å²) in [6.45, 7) is 1.99. The van der Waals surface area contributed by atoms with E-state index >= 15 is 0 Å². The van der Waals surface area contributed by atoms with E-state index in [-0.39, 0.29) is 5.91 Å². The average molecular weight is 189 g/mol. The normalized spacial score (nSPS) is 10.4. The Labute approximate surface area is 81.7 Å². The molecule has 0 spiro atoms. The van der Waals surface area contributed by atoms with Crippen molar-refractivity contribution in [1.29, 1.82) is 0 Å². The van der Waals surface area contributed by atoms with E-state index in [1.165, 1.54) is 0 Å². The molecule has 2 aromatic rings. The number of benzene rings is 1. The van der Waals surface area contributed by atoms with E-state index < -0.39 is 0 Å². The molecule has 0 aliphatic rings. The molecule has 2 rings (SSSR count). The predicted octanol–water partition coefficient (Wildman–Crippen LogP) is 2.10. The number of amides is 1. The molecule has 72 valence electrons. The molecule has 0 unspecified atom stereocenters. The fraction of sp³-hybridized carbons (Fsp3) is 0.182. The maximum absolute atomic E-state index is 11.5. The third-order valence-electron chi connectivity index (χ3n) is 2.31. The van der Waals surface area contributed by atoms with Gasteiger partial charge in [0.05, 0.1) is 11.8 Å². The van der Waals surface area contributed by atoms with Crippen molar-refractivity contribution in [3.8, 4) is 0 Å². The van der Waals surface area contributed by atoms with Gasteiger partial charge in [-0.25, -0.2) is 0 Å². The Morgan fingerprint density at radius 1 is 1.36 bits per heavy atom. The van der Waals surface area contributed by atoms with Gasteiger partial charge in [0.2, 0.25) is 0 Å². The molecule has 3 nitrogen and oxygen atoms in total. The smallest absolute Gasteiger partial charge is 0.254 e. The van der Waals surface area contributed by atoms with E-state index in [1.54, 1.807) is 19.4 Å². The van der Waals surface area contributed by atoms with Crippen LogP contribution < -0.4 is 5.32 Å². The van der Waals surface area contributed by atoms with Crippen LogP contribution in [-0.2, 0) is 0 Å². The molecule has 3 heteroatoms. The molecule has 0 saturated carbocycles. The van der Waals surface area contributed by atoms with Crippen molar-refractivity contribution in [3.63, 3.8) is 0 Å². The zero-order chi connectivity index (χ0) is 10.1. The quantitative estimate of drug-likeness (QED) is 0.746.